The normalized spacial score (nSPS) is 15.8. The third-order valence-corrected chi connectivity index (χ3v) is 6.28. The third-order valence-electron chi connectivity index (χ3n) is 5.34. The highest BCUT2D eigenvalue weighted by Crippen LogP contribution is 2.26. The average molecular weight is 411 g/mol. The fraction of sp³-hybridized carbons (Fsp3) is 0.261. The van der Waals surface area contributed by atoms with Gasteiger partial charge in [-0.3, -0.25) is 4.79 Å². The van der Waals surface area contributed by atoms with Crippen LogP contribution >= 0.6 is 11.3 Å². The molecule has 2 heterocycles. The van der Waals surface area contributed by atoms with Crippen molar-refractivity contribution in [1.29, 1.82) is 0 Å². The molecule has 0 radical (unpaired) electrons. The molecule has 0 spiro atoms. The van der Waals surface area contributed by atoms with Crippen LogP contribution in [0.2, 0.25) is 0 Å². The minimum atomic E-state index is -0.272. The first kappa shape index (κ1) is 19.6. The third kappa shape index (κ3) is 5.02. The van der Waals surface area contributed by atoms with Gasteiger partial charge in [-0.2, -0.15) is 0 Å². The van der Waals surface area contributed by atoms with Crippen LogP contribution in [0.4, 0.5) is 10.1 Å². The molecule has 1 aromatic heterocycles. The van der Waals surface area contributed by atoms with Gasteiger partial charge in [0.15, 0.2) is 6.54 Å². The van der Waals surface area contributed by atoms with Gasteiger partial charge in [0, 0.05) is 10.6 Å². The Kier molecular flexibility index (Phi) is 6.22. The maximum absolute atomic E-state index is 13.3. The van der Waals surface area contributed by atoms with E-state index in [9.17, 15) is 9.18 Å². The number of hydrogen-bond donors (Lipinski definition) is 2. The van der Waals surface area contributed by atoms with Crippen molar-refractivity contribution in [3.63, 3.8) is 0 Å². The zero-order valence-electron chi connectivity index (χ0n) is 16.2. The Balaban J connectivity index is 1.36. The summed E-state index contributed by atoms with van der Waals surface area (Å²) in [4.78, 5) is 17.5. The molecular weight excluding hydrogens is 385 g/mol. The second kappa shape index (κ2) is 9.20. The van der Waals surface area contributed by atoms with E-state index in [0.717, 1.165) is 36.6 Å². The van der Waals surface area contributed by atoms with Crippen molar-refractivity contribution in [3.8, 4) is 0 Å². The second-order valence-electron chi connectivity index (χ2n) is 7.32. The lowest BCUT2D eigenvalue weighted by atomic mass is 10.1. The van der Waals surface area contributed by atoms with E-state index in [1.807, 2.05) is 23.6 Å². The SMILES string of the molecule is O=C(C[NH+]1CCN(c2ccccc2)CC1)N[C@@H](c1ccc(F)cc1)c1cccs1. The van der Waals surface area contributed by atoms with Crippen molar-refractivity contribution in [2.45, 2.75) is 6.04 Å². The van der Waals surface area contributed by atoms with Gasteiger partial charge < -0.3 is 15.1 Å². The Bertz CT molecular complexity index is 907. The van der Waals surface area contributed by atoms with E-state index in [1.165, 1.54) is 22.7 Å². The Labute approximate surface area is 174 Å². The van der Waals surface area contributed by atoms with Gasteiger partial charge in [-0.05, 0) is 41.3 Å². The molecule has 1 aliphatic rings. The van der Waals surface area contributed by atoms with Gasteiger partial charge in [-0.15, -0.1) is 11.3 Å². The van der Waals surface area contributed by atoms with Gasteiger partial charge in [-0.1, -0.05) is 36.4 Å². The number of para-hydroxylation sites is 1. The van der Waals surface area contributed by atoms with E-state index >= 15 is 0 Å². The topological polar surface area (TPSA) is 36.8 Å². The van der Waals surface area contributed by atoms with Crippen LogP contribution in [-0.4, -0.2) is 38.6 Å². The Morgan fingerprint density at radius 2 is 1.76 bits per heavy atom. The second-order valence-corrected chi connectivity index (χ2v) is 8.30. The molecule has 2 N–H and O–H groups in total. The molecular formula is C23H25FN3OS+. The monoisotopic (exact) mass is 410 g/mol. The fourth-order valence-electron chi connectivity index (χ4n) is 3.77. The lowest BCUT2D eigenvalue weighted by Crippen LogP contribution is -3.16. The van der Waals surface area contributed by atoms with Gasteiger partial charge in [0.05, 0.1) is 32.2 Å². The molecule has 2 aromatic carbocycles. The summed E-state index contributed by atoms with van der Waals surface area (Å²) in [5, 5.41) is 5.15. The highest BCUT2D eigenvalue weighted by atomic mass is 32.1. The Hall–Kier alpha value is -2.70. The van der Waals surface area contributed by atoms with Gasteiger partial charge in [0.2, 0.25) is 0 Å². The first-order chi connectivity index (χ1) is 14.2. The van der Waals surface area contributed by atoms with Crippen LogP contribution in [0, 0.1) is 5.82 Å². The first-order valence-electron chi connectivity index (χ1n) is 9.91. The van der Waals surface area contributed by atoms with Crippen LogP contribution in [0.25, 0.3) is 0 Å². The molecule has 1 aliphatic heterocycles. The largest absolute Gasteiger partial charge is 0.360 e. The quantitative estimate of drug-likeness (QED) is 0.655. The van der Waals surface area contributed by atoms with Crippen LogP contribution in [0.3, 0.4) is 0 Å². The number of carbonyl (C=O) groups is 1. The van der Waals surface area contributed by atoms with Crippen LogP contribution < -0.4 is 15.1 Å². The fourth-order valence-corrected chi connectivity index (χ4v) is 4.57. The highest BCUT2D eigenvalue weighted by Gasteiger charge is 2.24. The molecule has 1 saturated heterocycles. The van der Waals surface area contributed by atoms with Crippen molar-refractivity contribution in [2.24, 2.45) is 0 Å². The number of halogens is 1. The lowest BCUT2D eigenvalue weighted by Gasteiger charge is -2.33. The van der Waals surface area contributed by atoms with E-state index in [4.69, 9.17) is 0 Å². The van der Waals surface area contributed by atoms with E-state index < -0.39 is 0 Å². The number of carbonyl (C=O) groups excluding carboxylic acids is 1. The maximum Gasteiger partial charge on any atom is 0.275 e. The number of thiophene rings is 1. The number of nitrogens with zero attached hydrogens (tertiary/aromatic N) is 1. The van der Waals surface area contributed by atoms with Crippen molar-refractivity contribution < 1.29 is 14.1 Å². The predicted molar refractivity (Wildman–Crippen MR) is 115 cm³/mol. The summed E-state index contributed by atoms with van der Waals surface area (Å²) < 4.78 is 13.3. The smallest absolute Gasteiger partial charge is 0.275 e. The molecule has 6 heteroatoms. The minimum absolute atomic E-state index is 0.0240. The molecule has 3 aromatic rings. The zero-order valence-corrected chi connectivity index (χ0v) is 17.0. The van der Waals surface area contributed by atoms with Crippen molar-refractivity contribution in [2.75, 3.05) is 37.6 Å². The standard InChI is InChI=1S/C23H24FN3OS/c24-19-10-8-18(9-11-19)23(21-7-4-16-29-21)25-22(28)17-26-12-14-27(15-13-26)20-5-2-1-3-6-20/h1-11,16,23H,12-15,17H2,(H,25,28)/p+1/t23-/m0/s1. The summed E-state index contributed by atoms with van der Waals surface area (Å²) in [6.45, 7) is 4.20. The first-order valence-corrected chi connectivity index (χ1v) is 10.8. The van der Waals surface area contributed by atoms with Crippen molar-refractivity contribution >= 4 is 22.9 Å². The number of quaternary nitrogens is 1. The predicted octanol–water partition coefficient (Wildman–Crippen LogP) is 2.50. The molecule has 1 amide bonds. The number of nitrogens with one attached hydrogen (secondary N) is 2. The van der Waals surface area contributed by atoms with Gasteiger partial charge in [-0.25, -0.2) is 4.39 Å². The van der Waals surface area contributed by atoms with Gasteiger partial charge in [0.25, 0.3) is 5.91 Å². The molecule has 0 bridgehead atoms. The van der Waals surface area contributed by atoms with E-state index in [-0.39, 0.29) is 17.8 Å². The lowest BCUT2D eigenvalue weighted by molar-refractivity contribution is -0.892. The number of anilines is 1. The summed E-state index contributed by atoms with van der Waals surface area (Å²) in [6.07, 6.45) is 0. The number of benzene rings is 2. The summed E-state index contributed by atoms with van der Waals surface area (Å²) in [6, 6.07) is 20.5. The minimum Gasteiger partial charge on any atom is -0.360 e. The maximum atomic E-state index is 13.3. The van der Waals surface area contributed by atoms with Crippen molar-refractivity contribution in [3.05, 3.63) is 88.4 Å². The van der Waals surface area contributed by atoms with Gasteiger partial charge in [0.1, 0.15) is 5.82 Å². The number of piperazine rings is 1. The molecule has 1 atom stereocenters. The molecule has 0 saturated carbocycles. The van der Waals surface area contributed by atoms with E-state index in [1.54, 1.807) is 23.5 Å². The van der Waals surface area contributed by atoms with Gasteiger partial charge >= 0.3 is 0 Å². The molecule has 0 aliphatic carbocycles. The highest BCUT2D eigenvalue weighted by molar-refractivity contribution is 7.10. The van der Waals surface area contributed by atoms with Crippen LogP contribution in [0.5, 0.6) is 0 Å². The molecule has 0 unspecified atom stereocenters. The Morgan fingerprint density at radius 3 is 2.41 bits per heavy atom. The van der Waals surface area contributed by atoms with Crippen molar-refractivity contribution in [1.82, 2.24) is 5.32 Å². The van der Waals surface area contributed by atoms with Crippen LogP contribution in [0.1, 0.15) is 16.5 Å². The number of amides is 1. The zero-order chi connectivity index (χ0) is 20.1. The summed E-state index contributed by atoms with van der Waals surface area (Å²) in [7, 11) is 0. The summed E-state index contributed by atoms with van der Waals surface area (Å²) in [5.41, 5.74) is 2.14. The van der Waals surface area contributed by atoms with E-state index in [2.05, 4.69) is 34.5 Å². The van der Waals surface area contributed by atoms with Crippen LogP contribution in [0.15, 0.2) is 72.1 Å². The van der Waals surface area contributed by atoms with E-state index in [0.29, 0.717) is 6.54 Å². The molecule has 4 rings (SSSR count). The summed E-state index contributed by atoms with van der Waals surface area (Å²) in [5.74, 6) is -0.248. The molecule has 29 heavy (non-hydrogen) atoms. The molecule has 1 fully saturated rings. The number of rotatable bonds is 6. The average Bonchev–Trinajstić information content (AvgIpc) is 3.29. The van der Waals surface area contributed by atoms with Crippen LogP contribution in [-0.2, 0) is 4.79 Å². The Morgan fingerprint density at radius 1 is 1.03 bits per heavy atom. The molecule has 4 nitrogen and oxygen atoms in total. The molecule has 150 valence electrons. The summed E-state index contributed by atoms with van der Waals surface area (Å²) >= 11 is 1.59. The number of hydrogen-bond acceptors (Lipinski definition) is 3.